The van der Waals surface area contributed by atoms with Gasteiger partial charge in [0.2, 0.25) is 0 Å². The van der Waals surface area contributed by atoms with Crippen molar-refractivity contribution in [3.05, 3.63) is 16.4 Å². The molecule has 0 saturated heterocycles. The van der Waals surface area contributed by atoms with Gasteiger partial charge in [0.15, 0.2) is 0 Å². The first-order chi connectivity index (χ1) is 6.96. The molecule has 1 unspecified atom stereocenters. The van der Waals surface area contributed by atoms with Crippen molar-refractivity contribution in [3.8, 4) is 0 Å². The van der Waals surface area contributed by atoms with E-state index in [2.05, 4.69) is 12.0 Å². The number of aryl methyl sites for hydroxylation is 2. The summed E-state index contributed by atoms with van der Waals surface area (Å²) in [4.78, 5) is 0. The molecule has 2 rings (SSSR count). The Balaban J connectivity index is 2.25. The molecular formula is C11H18ClN3. The van der Waals surface area contributed by atoms with E-state index in [-0.39, 0.29) is 11.5 Å². The highest BCUT2D eigenvalue weighted by Crippen LogP contribution is 2.51. The highest BCUT2D eigenvalue weighted by molar-refractivity contribution is 6.31. The molecule has 0 aromatic carbocycles. The van der Waals surface area contributed by atoms with Crippen LogP contribution in [0.3, 0.4) is 0 Å². The molecule has 0 radical (unpaired) electrons. The predicted molar refractivity (Wildman–Crippen MR) is 62.0 cm³/mol. The summed E-state index contributed by atoms with van der Waals surface area (Å²) >= 11 is 6.23. The first-order valence-electron chi connectivity index (χ1n) is 5.40. The Morgan fingerprint density at radius 1 is 1.60 bits per heavy atom. The molecule has 4 heteroatoms. The van der Waals surface area contributed by atoms with Crippen molar-refractivity contribution in [1.82, 2.24) is 9.78 Å². The molecule has 1 heterocycles. The van der Waals surface area contributed by atoms with Crippen LogP contribution in [0.4, 0.5) is 0 Å². The fraction of sp³-hybridized carbons (Fsp3) is 0.727. The maximum Gasteiger partial charge on any atom is 0.0847 e. The van der Waals surface area contributed by atoms with Crippen LogP contribution in [0.5, 0.6) is 0 Å². The van der Waals surface area contributed by atoms with Gasteiger partial charge in [-0.05, 0) is 38.5 Å². The first kappa shape index (κ1) is 11.0. The average molecular weight is 228 g/mol. The second kappa shape index (κ2) is 3.49. The van der Waals surface area contributed by atoms with Gasteiger partial charge in [0.05, 0.1) is 16.4 Å². The van der Waals surface area contributed by atoms with E-state index in [1.54, 1.807) is 0 Å². The van der Waals surface area contributed by atoms with Gasteiger partial charge in [-0.15, -0.1) is 0 Å². The molecule has 1 aliphatic rings. The van der Waals surface area contributed by atoms with E-state index >= 15 is 0 Å². The molecule has 0 bridgehead atoms. The van der Waals surface area contributed by atoms with E-state index < -0.39 is 0 Å². The third-order valence-corrected chi connectivity index (χ3v) is 4.13. The molecule has 1 aromatic heterocycles. The lowest BCUT2D eigenvalue weighted by molar-refractivity contribution is 0.407. The molecule has 84 valence electrons. The molecule has 15 heavy (non-hydrogen) atoms. The van der Waals surface area contributed by atoms with Crippen molar-refractivity contribution in [2.24, 2.45) is 18.2 Å². The lowest BCUT2D eigenvalue weighted by Gasteiger charge is -2.19. The molecule has 1 saturated carbocycles. The molecule has 0 spiro atoms. The Morgan fingerprint density at radius 2 is 2.20 bits per heavy atom. The number of hydrogen-bond donors (Lipinski definition) is 1. The summed E-state index contributed by atoms with van der Waals surface area (Å²) in [6, 6.07) is 0.240. The zero-order valence-electron chi connectivity index (χ0n) is 9.55. The molecule has 0 aliphatic heterocycles. The van der Waals surface area contributed by atoms with Crippen molar-refractivity contribution < 1.29 is 0 Å². The van der Waals surface area contributed by atoms with Crippen LogP contribution >= 0.6 is 11.6 Å². The van der Waals surface area contributed by atoms with Crippen LogP contribution in [0, 0.1) is 12.3 Å². The fourth-order valence-electron chi connectivity index (χ4n) is 2.16. The summed E-state index contributed by atoms with van der Waals surface area (Å²) in [5.41, 5.74) is 8.34. The zero-order valence-corrected chi connectivity index (χ0v) is 10.3. The van der Waals surface area contributed by atoms with E-state index in [0.717, 1.165) is 22.8 Å². The average Bonchev–Trinajstić information content (AvgIpc) is 2.89. The Morgan fingerprint density at radius 3 is 2.53 bits per heavy atom. The van der Waals surface area contributed by atoms with Crippen molar-refractivity contribution in [2.45, 2.75) is 39.2 Å². The minimum absolute atomic E-state index is 0.240. The first-order valence-corrected chi connectivity index (χ1v) is 5.77. The molecule has 1 aromatic rings. The van der Waals surface area contributed by atoms with Crippen molar-refractivity contribution in [3.63, 3.8) is 0 Å². The van der Waals surface area contributed by atoms with Gasteiger partial charge in [-0.1, -0.05) is 11.6 Å². The van der Waals surface area contributed by atoms with Gasteiger partial charge in [-0.25, -0.2) is 0 Å². The molecule has 1 aliphatic carbocycles. The topological polar surface area (TPSA) is 43.8 Å². The monoisotopic (exact) mass is 227 g/mol. The minimum Gasteiger partial charge on any atom is -0.327 e. The number of hydrogen-bond acceptors (Lipinski definition) is 2. The Bertz CT molecular complexity index is 377. The van der Waals surface area contributed by atoms with Crippen molar-refractivity contribution in [1.29, 1.82) is 0 Å². The molecular weight excluding hydrogens is 210 g/mol. The quantitative estimate of drug-likeness (QED) is 0.859. The summed E-state index contributed by atoms with van der Waals surface area (Å²) < 4.78 is 1.89. The normalized spacial score (nSPS) is 20.3. The van der Waals surface area contributed by atoms with Gasteiger partial charge < -0.3 is 5.73 Å². The summed E-state index contributed by atoms with van der Waals surface area (Å²) in [5, 5.41) is 5.14. The highest BCUT2D eigenvalue weighted by Gasteiger charge is 2.46. The minimum atomic E-state index is 0.240. The summed E-state index contributed by atoms with van der Waals surface area (Å²) in [5.74, 6) is 0. The summed E-state index contributed by atoms with van der Waals surface area (Å²) in [7, 11) is 1.95. The zero-order chi connectivity index (χ0) is 11.2. The van der Waals surface area contributed by atoms with Crippen LogP contribution in [0.25, 0.3) is 0 Å². The lowest BCUT2D eigenvalue weighted by atomic mass is 9.93. The van der Waals surface area contributed by atoms with Crippen LogP contribution in [0.2, 0.25) is 5.02 Å². The largest absolute Gasteiger partial charge is 0.327 e. The summed E-state index contributed by atoms with van der Waals surface area (Å²) in [6.07, 6.45) is 3.39. The number of halogens is 1. The van der Waals surface area contributed by atoms with Crippen molar-refractivity contribution >= 4 is 11.6 Å². The third kappa shape index (κ3) is 1.79. The number of rotatable bonds is 3. The molecule has 0 amide bonds. The third-order valence-electron chi connectivity index (χ3n) is 3.64. The van der Waals surface area contributed by atoms with Gasteiger partial charge in [-0.3, -0.25) is 4.68 Å². The van der Waals surface area contributed by atoms with Gasteiger partial charge in [-0.2, -0.15) is 5.10 Å². The maximum absolute atomic E-state index is 6.23. The molecule has 1 atom stereocenters. The van der Waals surface area contributed by atoms with Crippen LogP contribution < -0.4 is 5.73 Å². The number of nitrogens with two attached hydrogens (primary N) is 1. The van der Waals surface area contributed by atoms with Gasteiger partial charge in [0.25, 0.3) is 0 Å². The van der Waals surface area contributed by atoms with Crippen LogP contribution in [0.1, 0.15) is 31.2 Å². The van der Waals surface area contributed by atoms with Gasteiger partial charge >= 0.3 is 0 Å². The van der Waals surface area contributed by atoms with E-state index in [4.69, 9.17) is 17.3 Å². The predicted octanol–water partition coefficient (Wildman–Crippen LogP) is 2.05. The van der Waals surface area contributed by atoms with Crippen LogP contribution in [0.15, 0.2) is 0 Å². The van der Waals surface area contributed by atoms with Gasteiger partial charge in [0, 0.05) is 13.1 Å². The molecule has 2 N–H and O–H groups in total. The van der Waals surface area contributed by atoms with E-state index in [9.17, 15) is 0 Å². The standard InChI is InChI=1S/C11H18ClN3/c1-7-10(12)9(15(3)14-7)6-11(4-5-11)8(2)13/h8H,4-6,13H2,1-3H3. The number of nitrogens with zero attached hydrogens (tertiary/aromatic N) is 2. The second-order valence-corrected chi connectivity index (χ2v) is 5.18. The smallest absolute Gasteiger partial charge is 0.0847 e. The SMILES string of the molecule is Cc1nn(C)c(CC2(C(C)N)CC2)c1Cl. The van der Waals surface area contributed by atoms with E-state index in [1.165, 1.54) is 12.8 Å². The maximum atomic E-state index is 6.23. The Hall–Kier alpha value is -0.540. The molecule has 3 nitrogen and oxygen atoms in total. The Kier molecular flexibility index (Phi) is 2.55. The van der Waals surface area contributed by atoms with E-state index in [0.29, 0.717) is 0 Å². The lowest BCUT2D eigenvalue weighted by Crippen LogP contribution is -2.30. The van der Waals surface area contributed by atoms with Crippen molar-refractivity contribution in [2.75, 3.05) is 0 Å². The van der Waals surface area contributed by atoms with E-state index in [1.807, 2.05) is 18.7 Å². The fourth-order valence-corrected chi connectivity index (χ4v) is 2.39. The molecule has 1 fully saturated rings. The van der Waals surface area contributed by atoms with Gasteiger partial charge in [0.1, 0.15) is 0 Å². The van der Waals surface area contributed by atoms with Crippen LogP contribution in [-0.2, 0) is 13.5 Å². The second-order valence-electron chi connectivity index (χ2n) is 4.80. The van der Waals surface area contributed by atoms with Crippen LogP contribution in [-0.4, -0.2) is 15.8 Å². The number of aromatic nitrogens is 2. The Labute approximate surface area is 95.6 Å². The highest BCUT2D eigenvalue weighted by atomic mass is 35.5. The summed E-state index contributed by atoms with van der Waals surface area (Å²) in [6.45, 7) is 4.03.